The fourth-order valence-electron chi connectivity index (χ4n) is 3.96. The second-order valence-electron chi connectivity index (χ2n) is 7.12. The fraction of sp³-hybridized carbons (Fsp3) is 0.261. The maximum atomic E-state index is 11.8. The standard InChI is InChI=1S/C23H24N4O3S/c1-29-19-11-4-3-9-17(19)26-14-7-10-18(26)22-21(16-8-5-6-13-24-16)25-23(31)27(22)15-12-20(28)30-2/h3-11,13-14,21-22H,12,15H2,1-2H3,(H,25,31)/t21-,22-/m1/s1. The van der Waals surface area contributed by atoms with Gasteiger partial charge < -0.3 is 24.3 Å². The molecule has 3 heterocycles. The molecule has 0 radical (unpaired) electrons. The highest BCUT2D eigenvalue weighted by molar-refractivity contribution is 7.80. The molecule has 7 nitrogen and oxygen atoms in total. The Kier molecular flexibility index (Phi) is 6.18. The number of pyridine rings is 1. The molecule has 0 bridgehead atoms. The third-order valence-corrected chi connectivity index (χ3v) is 5.76. The third kappa shape index (κ3) is 4.11. The monoisotopic (exact) mass is 436 g/mol. The number of nitrogens with one attached hydrogen (secondary N) is 1. The van der Waals surface area contributed by atoms with Crippen molar-refractivity contribution < 1.29 is 14.3 Å². The van der Waals surface area contributed by atoms with Crippen LogP contribution in [-0.2, 0) is 9.53 Å². The van der Waals surface area contributed by atoms with E-state index in [-0.39, 0.29) is 24.5 Å². The number of nitrogens with zero attached hydrogens (tertiary/aromatic N) is 3. The molecule has 0 spiro atoms. The summed E-state index contributed by atoms with van der Waals surface area (Å²) in [5, 5.41) is 3.99. The molecule has 1 fully saturated rings. The minimum Gasteiger partial charge on any atom is -0.495 e. The van der Waals surface area contributed by atoms with Crippen LogP contribution in [0.2, 0.25) is 0 Å². The van der Waals surface area contributed by atoms with Gasteiger partial charge in [0.05, 0.1) is 44.1 Å². The largest absolute Gasteiger partial charge is 0.495 e. The summed E-state index contributed by atoms with van der Waals surface area (Å²) in [5.74, 6) is 0.493. The van der Waals surface area contributed by atoms with E-state index < -0.39 is 0 Å². The molecule has 2 aromatic heterocycles. The lowest BCUT2D eigenvalue weighted by molar-refractivity contribution is -0.140. The van der Waals surface area contributed by atoms with E-state index in [1.807, 2.05) is 59.6 Å². The summed E-state index contributed by atoms with van der Waals surface area (Å²) in [6, 6.07) is 17.4. The summed E-state index contributed by atoms with van der Waals surface area (Å²) >= 11 is 5.67. The maximum absolute atomic E-state index is 11.8. The smallest absolute Gasteiger partial charge is 0.307 e. The zero-order valence-electron chi connectivity index (χ0n) is 17.4. The number of para-hydroxylation sites is 2. The molecule has 160 valence electrons. The lowest BCUT2D eigenvalue weighted by Gasteiger charge is -2.29. The molecule has 0 aliphatic carbocycles. The lowest BCUT2D eigenvalue weighted by atomic mass is 10.0. The molecule has 2 atom stereocenters. The first-order valence-electron chi connectivity index (χ1n) is 9.99. The number of benzene rings is 1. The van der Waals surface area contributed by atoms with Crippen molar-refractivity contribution in [3.63, 3.8) is 0 Å². The summed E-state index contributed by atoms with van der Waals surface area (Å²) in [6.45, 7) is 0.434. The van der Waals surface area contributed by atoms with E-state index in [0.29, 0.717) is 11.7 Å². The van der Waals surface area contributed by atoms with Crippen LogP contribution in [0, 0.1) is 0 Å². The second kappa shape index (κ2) is 9.18. The minimum absolute atomic E-state index is 0.172. The van der Waals surface area contributed by atoms with E-state index in [0.717, 1.165) is 22.8 Å². The number of ether oxygens (including phenoxy) is 2. The molecule has 0 unspecified atom stereocenters. The summed E-state index contributed by atoms with van der Waals surface area (Å²) in [5.41, 5.74) is 2.82. The van der Waals surface area contributed by atoms with Crippen molar-refractivity contribution in [2.75, 3.05) is 20.8 Å². The number of carbonyl (C=O) groups is 1. The topological polar surface area (TPSA) is 68.6 Å². The summed E-state index contributed by atoms with van der Waals surface area (Å²) in [6.07, 6.45) is 4.01. The first kappa shape index (κ1) is 20.9. The third-order valence-electron chi connectivity index (χ3n) is 5.41. The van der Waals surface area contributed by atoms with Crippen LogP contribution in [0.5, 0.6) is 5.75 Å². The molecule has 1 aliphatic rings. The minimum atomic E-state index is -0.275. The highest BCUT2D eigenvalue weighted by Crippen LogP contribution is 2.40. The van der Waals surface area contributed by atoms with E-state index in [2.05, 4.69) is 20.9 Å². The molecule has 31 heavy (non-hydrogen) atoms. The van der Waals surface area contributed by atoms with Gasteiger partial charge in [-0.3, -0.25) is 9.78 Å². The predicted octanol–water partition coefficient (Wildman–Crippen LogP) is 3.42. The predicted molar refractivity (Wildman–Crippen MR) is 121 cm³/mol. The molecule has 0 amide bonds. The number of thiocarbonyl (C=S) groups is 1. The van der Waals surface area contributed by atoms with E-state index in [1.54, 1.807) is 13.3 Å². The van der Waals surface area contributed by atoms with Gasteiger partial charge in [0, 0.05) is 24.6 Å². The molecule has 1 saturated heterocycles. The van der Waals surface area contributed by atoms with Gasteiger partial charge in [-0.2, -0.15) is 0 Å². The Morgan fingerprint density at radius 1 is 1.13 bits per heavy atom. The van der Waals surface area contributed by atoms with E-state index >= 15 is 0 Å². The number of rotatable bonds is 7. The van der Waals surface area contributed by atoms with Gasteiger partial charge in [0.15, 0.2) is 5.11 Å². The Labute approximate surface area is 186 Å². The van der Waals surface area contributed by atoms with Crippen LogP contribution in [0.1, 0.15) is 29.9 Å². The van der Waals surface area contributed by atoms with Gasteiger partial charge in [-0.05, 0) is 48.6 Å². The summed E-state index contributed by atoms with van der Waals surface area (Å²) in [7, 11) is 3.05. The van der Waals surface area contributed by atoms with Crippen LogP contribution in [0.25, 0.3) is 5.69 Å². The van der Waals surface area contributed by atoms with Crippen molar-refractivity contribution in [3.8, 4) is 11.4 Å². The first-order chi connectivity index (χ1) is 15.1. The van der Waals surface area contributed by atoms with Gasteiger partial charge in [0.1, 0.15) is 5.75 Å². The molecule has 0 saturated carbocycles. The Bertz CT molecular complexity index is 1070. The molecule has 8 heteroatoms. The van der Waals surface area contributed by atoms with Crippen LogP contribution in [0.3, 0.4) is 0 Å². The van der Waals surface area contributed by atoms with Crippen LogP contribution in [0.4, 0.5) is 0 Å². The lowest BCUT2D eigenvalue weighted by Crippen LogP contribution is -2.32. The number of aromatic nitrogens is 2. The zero-order valence-corrected chi connectivity index (χ0v) is 18.2. The molecule has 1 aromatic carbocycles. The Morgan fingerprint density at radius 2 is 1.94 bits per heavy atom. The second-order valence-corrected chi connectivity index (χ2v) is 7.51. The number of hydrogen-bond donors (Lipinski definition) is 1. The number of carbonyl (C=O) groups excluding carboxylic acids is 1. The van der Waals surface area contributed by atoms with E-state index in [4.69, 9.17) is 21.7 Å². The normalized spacial score (nSPS) is 18.0. The van der Waals surface area contributed by atoms with Gasteiger partial charge in [0.25, 0.3) is 0 Å². The summed E-state index contributed by atoms with van der Waals surface area (Å²) in [4.78, 5) is 18.4. The average Bonchev–Trinajstić information content (AvgIpc) is 3.42. The first-order valence-corrected chi connectivity index (χ1v) is 10.4. The molecule has 4 rings (SSSR count). The highest BCUT2D eigenvalue weighted by Gasteiger charge is 2.41. The SMILES string of the molecule is COC(=O)CCN1C(=S)N[C@H](c2ccccn2)[C@H]1c1cccn1-c1ccccc1OC. The van der Waals surface area contributed by atoms with E-state index in [9.17, 15) is 4.79 Å². The molecule has 1 aliphatic heterocycles. The molecular weight excluding hydrogens is 412 g/mol. The highest BCUT2D eigenvalue weighted by atomic mass is 32.1. The average molecular weight is 437 g/mol. The fourth-order valence-corrected chi connectivity index (χ4v) is 4.30. The Hall–Kier alpha value is -3.39. The Morgan fingerprint density at radius 3 is 2.68 bits per heavy atom. The van der Waals surface area contributed by atoms with Crippen LogP contribution < -0.4 is 10.1 Å². The molecular formula is C23H24N4O3S. The van der Waals surface area contributed by atoms with Crippen LogP contribution >= 0.6 is 12.2 Å². The maximum Gasteiger partial charge on any atom is 0.307 e. The van der Waals surface area contributed by atoms with Crippen molar-refractivity contribution in [1.29, 1.82) is 0 Å². The molecule has 1 N–H and O–H groups in total. The molecule has 3 aromatic rings. The van der Waals surface area contributed by atoms with Crippen molar-refractivity contribution in [2.24, 2.45) is 0 Å². The zero-order chi connectivity index (χ0) is 21.8. The summed E-state index contributed by atoms with van der Waals surface area (Å²) < 4.78 is 12.5. The van der Waals surface area contributed by atoms with Gasteiger partial charge >= 0.3 is 5.97 Å². The van der Waals surface area contributed by atoms with Crippen molar-refractivity contribution in [2.45, 2.75) is 18.5 Å². The quantitative estimate of drug-likeness (QED) is 0.450. The van der Waals surface area contributed by atoms with Crippen molar-refractivity contribution in [1.82, 2.24) is 19.8 Å². The number of esters is 1. The number of hydrogen-bond acceptors (Lipinski definition) is 5. The van der Waals surface area contributed by atoms with Gasteiger partial charge in [-0.1, -0.05) is 18.2 Å². The van der Waals surface area contributed by atoms with Gasteiger partial charge in [0.2, 0.25) is 0 Å². The van der Waals surface area contributed by atoms with E-state index in [1.165, 1.54) is 7.11 Å². The van der Waals surface area contributed by atoms with Crippen molar-refractivity contribution in [3.05, 3.63) is 78.4 Å². The Balaban J connectivity index is 1.79. The number of methoxy groups -OCH3 is 2. The van der Waals surface area contributed by atoms with Crippen LogP contribution in [-0.4, -0.2) is 46.3 Å². The van der Waals surface area contributed by atoms with Crippen molar-refractivity contribution >= 4 is 23.3 Å². The van der Waals surface area contributed by atoms with Gasteiger partial charge in [-0.15, -0.1) is 0 Å². The van der Waals surface area contributed by atoms with Crippen LogP contribution in [0.15, 0.2) is 67.0 Å². The van der Waals surface area contributed by atoms with Gasteiger partial charge in [-0.25, -0.2) is 0 Å².